The smallest absolute Gasteiger partial charge is 0.0496 e. The molecule has 66 valence electrons. The Kier molecular flexibility index (Phi) is 3.92. The third-order valence-electron chi connectivity index (χ3n) is 2.53. The van der Waals surface area contributed by atoms with Crippen LogP contribution in [0.4, 0.5) is 0 Å². The first-order chi connectivity index (χ1) is 5.38. The first-order valence-electron chi connectivity index (χ1n) is 4.96. The molecule has 11 heavy (non-hydrogen) atoms. The van der Waals surface area contributed by atoms with Crippen molar-refractivity contribution in [1.29, 1.82) is 0 Å². The topological polar surface area (TPSA) is 9.23 Å². The van der Waals surface area contributed by atoms with Crippen LogP contribution in [0.1, 0.15) is 39.5 Å². The Morgan fingerprint density at radius 3 is 2.73 bits per heavy atom. The molecule has 0 aromatic carbocycles. The molecule has 0 spiro atoms. The maximum atomic E-state index is 5.37. The molecule has 0 saturated heterocycles. The van der Waals surface area contributed by atoms with E-state index in [4.69, 9.17) is 4.74 Å². The Hall–Kier alpha value is -0.0400. The van der Waals surface area contributed by atoms with Crippen LogP contribution in [0.15, 0.2) is 0 Å². The van der Waals surface area contributed by atoms with Crippen LogP contribution in [0.2, 0.25) is 0 Å². The fourth-order valence-corrected chi connectivity index (χ4v) is 1.60. The summed E-state index contributed by atoms with van der Waals surface area (Å²) in [4.78, 5) is 0. The van der Waals surface area contributed by atoms with Gasteiger partial charge in [0.2, 0.25) is 0 Å². The molecular weight excluding hydrogens is 136 g/mol. The van der Waals surface area contributed by atoms with E-state index < -0.39 is 0 Å². The van der Waals surface area contributed by atoms with E-state index in [1.165, 1.54) is 25.7 Å². The first kappa shape index (κ1) is 9.05. The fourth-order valence-electron chi connectivity index (χ4n) is 1.60. The van der Waals surface area contributed by atoms with Crippen molar-refractivity contribution < 1.29 is 4.74 Å². The average molecular weight is 156 g/mol. The summed E-state index contributed by atoms with van der Waals surface area (Å²) in [6, 6.07) is 0. The van der Waals surface area contributed by atoms with Gasteiger partial charge in [-0.25, -0.2) is 0 Å². The van der Waals surface area contributed by atoms with E-state index in [1.807, 2.05) is 0 Å². The molecule has 0 unspecified atom stereocenters. The zero-order chi connectivity index (χ0) is 8.10. The average Bonchev–Trinajstić information content (AvgIpc) is 2.76. The molecule has 0 aromatic rings. The normalized spacial score (nSPS) is 28.9. The molecule has 0 heterocycles. The van der Waals surface area contributed by atoms with Crippen molar-refractivity contribution in [3.8, 4) is 0 Å². The minimum atomic E-state index is 0.886. The molecule has 1 aliphatic rings. The van der Waals surface area contributed by atoms with Gasteiger partial charge in [-0.3, -0.25) is 0 Å². The van der Waals surface area contributed by atoms with Gasteiger partial charge >= 0.3 is 0 Å². The second kappa shape index (κ2) is 4.76. The number of rotatable bonds is 6. The maximum absolute atomic E-state index is 5.37. The fraction of sp³-hybridized carbons (Fsp3) is 1.00. The molecule has 0 amide bonds. The van der Waals surface area contributed by atoms with Crippen molar-refractivity contribution in [3.05, 3.63) is 0 Å². The molecule has 0 radical (unpaired) electrons. The highest BCUT2D eigenvalue weighted by Gasteiger charge is 2.35. The summed E-state index contributed by atoms with van der Waals surface area (Å²) in [5, 5.41) is 0. The third kappa shape index (κ3) is 3.24. The Labute approximate surface area is 70.1 Å². The molecule has 1 rings (SSSR count). The molecule has 0 aliphatic heterocycles. The zero-order valence-electron chi connectivity index (χ0n) is 7.81. The summed E-state index contributed by atoms with van der Waals surface area (Å²) in [5.41, 5.74) is 0. The Morgan fingerprint density at radius 1 is 1.27 bits per heavy atom. The molecule has 1 aliphatic carbocycles. The SMILES string of the molecule is CCCC[C@@H]1C[C@H]1COCC. The van der Waals surface area contributed by atoms with E-state index in [0.29, 0.717) is 0 Å². The molecule has 2 atom stereocenters. The number of ether oxygens (including phenoxy) is 1. The van der Waals surface area contributed by atoms with Crippen LogP contribution in [0, 0.1) is 11.8 Å². The number of unbranched alkanes of at least 4 members (excludes halogenated alkanes) is 1. The predicted molar refractivity (Wildman–Crippen MR) is 47.6 cm³/mol. The lowest BCUT2D eigenvalue weighted by molar-refractivity contribution is 0.133. The van der Waals surface area contributed by atoms with Crippen molar-refractivity contribution in [1.82, 2.24) is 0 Å². The van der Waals surface area contributed by atoms with E-state index >= 15 is 0 Å². The van der Waals surface area contributed by atoms with E-state index in [2.05, 4.69) is 13.8 Å². The van der Waals surface area contributed by atoms with Gasteiger partial charge in [0.05, 0.1) is 0 Å². The summed E-state index contributed by atoms with van der Waals surface area (Å²) in [5.74, 6) is 1.93. The highest BCUT2D eigenvalue weighted by Crippen LogP contribution is 2.42. The molecule has 1 heteroatoms. The molecule has 0 bridgehead atoms. The van der Waals surface area contributed by atoms with Crippen LogP contribution < -0.4 is 0 Å². The van der Waals surface area contributed by atoms with Crippen LogP contribution in [0.5, 0.6) is 0 Å². The van der Waals surface area contributed by atoms with Gasteiger partial charge in [-0.2, -0.15) is 0 Å². The predicted octanol–water partition coefficient (Wildman–Crippen LogP) is 2.85. The molecule has 0 N–H and O–H groups in total. The number of hydrogen-bond acceptors (Lipinski definition) is 1. The van der Waals surface area contributed by atoms with E-state index in [1.54, 1.807) is 0 Å². The number of hydrogen-bond donors (Lipinski definition) is 0. The van der Waals surface area contributed by atoms with Crippen LogP contribution in [0.25, 0.3) is 0 Å². The summed E-state index contributed by atoms with van der Waals surface area (Å²) in [6.45, 7) is 6.24. The van der Waals surface area contributed by atoms with Gasteiger partial charge in [0.25, 0.3) is 0 Å². The van der Waals surface area contributed by atoms with Crippen LogP contribution in [-0.4, -0.2) is 13.2 Å². The van der Waals surface area contributed by atoms with Gasteiger partial charge in [-0.15, -0.1) is 0 Å². The summed E-state index contributed by atoms with van der Waals surface area (Å²) < 4.78 is 5.37. The van der Waals surface area contributed by atoms with E-state index in [0.717, 1.165) is 25.0 Å². The van der Waals surface area contributed by atoms with Crippen molar-refractivity contribution in [3.63, 3.8) is 0 Å². The Balaban J connectivity index is 1.89. The minimum Gasteiger partial charge on any atom is -0.381 e. The standard InChI is InChI=1S/C10H20O/c1-3-5-6-9-7-10(9)8-11-4-2/h9-10H,3-8H2,1-2H3/t9-,10+/m1/s1. The van der Waals surface area contributed by atoms with Gasteiger partial charge in [0.15, 0.2) is 0 Å². The Bertz CT molecular complexity index is 89.0. The quantitative estimate of drug-likeness (QED) is 0.574. The molecule has 1 nitrogen and oxygen atoms in total. The molecule has 1 saturated carbocycles. The Morgan fingerprint density at radius 2 is 2.09 bits per heavy atom. The van der Waals surface area contributed by atoms with Gasteiger partial charge in [0.1, 0.15) is 0 Å². The van der Waals surface area contributed by atoms with Crippen LogP contribution in [0.3, 0.4) is 0 Å². The van der Waals surface area contributed by atoms with Gasteiger partial charge in [0, 0.05) is 13.2 Å². The van der Waals surface area contributed by atoms with Crippen LogP contribution >= 0.6 is 0 Å². The van der Waals surface area contributed by atoms with Crippen molar-refractivity contribution in [2.24, 2.45) is 11.8 Å². The minimum absolute atomic E-state index is 0.886. The lowest BCUT2D eigenvalue weighted by Crippen LogP contribution is -1.97. The summed E-state index contributed by atoms with van der Waals surface area (Å²) in [6.07, 6.45) is 5.62. The van der Waals surface area contributed by atoms with Crippen molar-refractivity contribution in [2.45, 2.75) is 39.5 Å². The highest BCUT2D eigenvalue weighted by atomic mass is 16.5. The third-order valence-corrected chi connectivity index (χ3v) is 2.53. The zero-order valence-corrected chi connectivity index (χ0v) is 7.81. The van der Waals surface area contributed by atoms with Gasteiger partial charge < -0.3 is 4.74 Å². The second-order valence-electron chi connectivity index (χ2n) is 3.56. The van der Waals surface area contributed by atoms with E-state index in [-0.39, 0.29) is 0 Å². The van der Waals surface area contributed by atoms with Crippen LogP contribution in [-0.2, 0) is 4.74 Å². The molecular formula is C10H20O. The monoisotopic (exact) mass is 156 g/mol. The maximum Gasteiger partial charge on any atom is 0.0496 e. The molecule has 1 fully saturated rings. The first-order valence-corrected chi connectivity index (χ1v) is 4.96. The van der Waals surface area contributed by atoms with E-state index in [9.17, 15) is 0 Å². The second-order valence-corrected chi connectivity index (χ2v) is 3.56. The highest BCUT2D eigenvalue weighted by molar-refractivity contribution is 4.85. The van der Waals surface area contributed by atoms with Crippen molar-refractivity contribution in [2.75, 3.05) is 13.2 Å². The largest absolute Gasteiger partial charge is 0.381 e. The van der Waals surface area contributed by atoms with Gasteiger partial charge in [-0.1, -0.05) is 26.2 Å². The molecule has 0 aromatic heterocycles. The summed E-state index contributed by atoms with van der Waals surface area (Å²) in [7, 11) is 0. The van der Waals surface area contributed by atoms with Crippen molar-refractivity contribution >= 4 is 0 Å². The summed E-state index contributed by atoms with van der Waals surface area (Å²) >= 11 is 0. The lowest BCUT2D eigenvalue weighted by Gasteiger charge is -1.99. The van der Waals surface area contributed by atoms with Gasteiger partial charge in [-0.05, 0) is 25.2 Å². The lowest BCUT2D eigenvalue weighted by atomic mass is 10.1.